The number of hydrogen-bond acceptors (Lipinski definition) is 7. The third kappa shape index (κ3) is 5.79. The van der Waals surface area contributed by atoms with Gasteiger partial charge in [0.05, 0.1) is 20.1 Å². The number of aromatic nitrogens is 2. The number of carbonyl (C=O) groups excluding carboxylic acids is 1. The predicted molar refractivity (Wildman–Crippen MR) is 146 cm³/mol. The Kier molecular flexibility index (Phi) is 8.15. The number of hydrogen-bond donors (Lipinski definition) is 0. The van der Waals surface area contributed by atoms with E-state index in [-0.39, 0.29) is 17.9 Å². The van der Waals surface area contributed by atoms with Gasteiger partial charge in [0.2, 0.25) is 17.6 Å². The lowest BCUT2D eigenvalue weighted by molar-refractivity contribution is -0.140. The Morgan fingerprint density at radius 1 is 1.00 bits per heavy atom. The Morgan fingerprint density at radius 2 is 1.76 bits per heavy atom. The number of methoxy groups -OCH3 is 2. The summed E-state index contributed by atoms with van der Waals surface area (Å²) in [6.07, 6.45) is 7.49. The maximum Gasteiger partial charge on any atom is 0.246 e. The Hall–Kier alpha value is -3.55. The van der Waals surface area contributed by atoms with Crippen LogP contribution in [0.3, 0.4) is 0 Å². The summed E-state index contributed by atoms with van der Waals surface area (Å²) in [7, 11) is 3.20. The molecule has 8 nitrogen and oxygen atoms in total. The van der Waals surface area contributed by atoms with Gasteiger partial charge in [0.1, 0.15) is 6.54 Å². The first kappa shape index (κ1) is 26.1. The molecule has 1 aliphatic carbocycles. The first-order valence-corrected chi connectivity index (χ1v) is 13.7. The molecule has 2 aliphatic rings. The number of benzene rings is 2. The Morgan fingerprint density at radius 3 is 2.50 bits per heavy atom. The highest BCUT2D eigenvalue weighted by molar-refractivity contribution is 5.80. The van der Waals surface area contributed by atoms with E-state index >= 15 is 0 Å². The summed E-state index contributed by atoms with van der Waals surface area (Å²) < 4.78 is 16.4. The minimum absolute atomic E-state index is 0.0415. The molecule has 1 amide bonds. The molecule has 2 heterocycles. The van der Waals surface area contributed by atoms with E-state index in [1.165, 1.54) is 17.7 Å². The summed E-state index contributed by atoms with van der Waals surface area (Å²) in [5.41, 5.74) is 3.21. The number of aryl methyl sites for hydroxylation is 1. The third-order valence-electron chi connectivity index (χ3n) is 7.88. The fourth-order valence-corrected chi connectivity index (χ4v) is 5.74. The van der Waals surface area contributed by atoms with Crippen LogP contribution in [0.15, 0.2) is 47.0 Å². The molecule has 1 aliphatic heterocycles. The summed E-state index contributed by atoms with van der Waals surface area (Å²) in [4.78, 5) is 23.1. The molecule has 2 aromatic carbocycles. The number of carbonyl (C=O) groups is 1. The van der Waals surface area contributed by atoms with Crippen LogP contribution in [0.1, 0.15) is 56.4 Å². The van der Waals surface area contributed by atoms with Gasteiger partial charge < -0.3 is 23.8 Å². The number of rotatable bonds is 8. The van der Waals surface area contributed by atoms with Gasteiger partial charge in [-0.1, -0.05) is 42.1 Å². The zero-order valence-electron chi connectivity index (χ0n) is 22.7. The van der Waals surface area contributed by atoms with E-state index in [1.807, 2.05) is 23.1 Å². The molecule has 2 fully saturated rings. The van der Waals surface area contributed by atoms with Crippen LogP contribution in [0, 0.1) is 12.8 Å². The maximum atomic E-state index is 14.0. The molecule has 0 N–H and O–H groups in total. The first-order chi connectivity index (χ1) is 18.6. The van der Waals surface area contributed by atoms with Gasteiger partial charge in [-0.3, -0.25) is 4.79 Å². The summed E-state index contributed by atoms with van der Waals surface area (Å²) in [5, 5.41) is 4.22. The Labute approximate surface area is 224 Å². The molecule has 3 aromatic rings. The molecule has 38 heavy (non-hydrogen) atoms. The quantitative estimate of drug-likeness (QED) is 0.382. The molecule has 0 bridgehead atoms. The normalized spacial score (nSPS) is 18.3. The molecule has 1 aromatic heterocycles. The minimum Gasteiger partial charge on any atom is -0.493 e. The van der Waals surface area contributed by atoms with Crippen molar-refractivity contribution in [2.45, 2.75) is 64.5 Å². The summed E-state index contributed by atoms with van der Waals surface area (Å²) in [5.74, 6) is 2.34. The van der Waals surface area contributed by atoms with Crippen molar-refractivity contribution in [2.24, 2.45) is 5.92 Å². The van der Waals surface area contributed by atoms with Gasteiger partial charge in [-0.15, -0.1) is 0 Å². The molecule has 0 unspecified atom stereocenters. The van der Waals surface area contributed by atoms with Gasteiger partial charge in [-0.2, -0.15) is 4.98 Å². The predicted octanol–water partition coefficient (Wildman–Crippen LogP) is 5.64. The zero-order valence-corrected chi connectivity index (χ0v) is 22.7. The van der Waals surface area contributed by atoms with E-state index in [0.717, 1.165) is 57.2 Å². The third-order valence-corrected chi connectivity index (χ3v) is 7.88. The van der Waals surface area contributed by atoms with E-state index in [2.05, 4.69) is 46.2 Å². The van der Waals surface area contributed by atoms with Crippen molar-refractivity contribution in [1.29, 1.82) is 0 Å². The second kappa shape index (κ2) is 11.9. The van der Waals surface area contributed by atoms with Gasteiger partial charge in [-0.25, -0.2) is 0 Å². The maximum absolute atomic E-state index is 14.0. The number of piperidine rings is 1. The van der Waals surface area contributed by atoms with Crippen molar-refractivity contribution >= 4 is 11.6 Å². The van der Waals surface area contributed by atoms with Crippen LogP contribution in [-0.2, 0) is 11.3 Å². The van der Waals surface area contributed by atoms with Crippen molar-refractivity contribution < 1.29 is 18.8 Å². The summed E-state index contributed by atoms with van der Waals surface area (Å²) in [6, 6.07) is 14.3. The Bertz CT molecular complexity index is 1220. The zero-order chi connectivity index (χ0) is 26.5. The second-order valence-corrected chi connectivity index (χ2v) is 10.5. The van der Waals surface area contributed by atoms with Crippen molar-refractivity contribution in [3.05, 3.63) is 53.9 Å². The SMILES string of the molecule is COc1ccc(-c2noc(CN(C(=O)[C@@H]3CCCN(c4ccc(C)cc4)C3)C3CCCCC3)n2)cc1OC. The second-order valence-electron chi connectivity index (χ2n) is 10.5. The van der Waals surface area contributed by atoms with Gasteiger partial charge >= 0.3 is 0 Å². The van der Waals surface area contributed by atoms with Crippen LogP contribution in [0.5, 0.6) is 11.5 Å². The van der Waals surface area contributed by atoms with Crippen LogP contribution in [-0.4, -0.2) is 54.3 Å². The average Bonchev–Trinajstić information content (AvgIpc) is 3.45. The van der Waals surface area contributed by atoms with Gasteiger partial charge in [0.15, 0.2) is 11.5 Å². The van der Waals surface area contributed by atoms with Crippen LogP contribution < -0.4 is 14.4 Å². The fourth-order valence-electron chi connectivity index (χ4n) is 5.74. The van der Waals surface area contributed by atoms with Crippen molar-refractivity contribution in [3.8, 4) is 22.9 Å². The largest absolute Gasteiger partial charge is 0.493 e. The van der Waals surface area contributed by atoms with Crippen molar-refractivity contribution in [2.75, 3.05) is 32.2 Å². The summed E-state index contributed by atoms with van der Waals surface area (Å²) >= 11 is 0. The highest BCUT2D eigenvalue weighted by Crippen LogP contribution is 2.32. The number of ether oxygens (including phenoxy) is 2. The number of nitrogens with zero attached hydrogens (tertiary/aromatic N) is 4. The molecular formula is C30H38N4O4. The smallest absolute Gasteiger partial charge is 0.246 e. The molecule has 8 heteroatoms. The highest BCUT2D eigenvalue weighted by atomic mass is 16.5. The van der Waals surface area contributed by atoms with E-state index in [4.69, 9.17) is 14.0 Å². The monoisotopic (exact) mass is 518 g/mol. The Balaban J connectivity index is 1.34. The molecule has 1 atom stereocenters. The van der Waals surface area contributed by atoms with Crippen molar-refractivity contribution in [3.63, 3.8) is 0 Å². The lowest BCUT2D eigenvalue weighted by Crippen LogP contribution is -2.48. The standard InChI is InChI=1S/C30H38N4O4/c1-21-11-14-24(15-12-21)33-17-7-8-23(19-33)30(35)34(25-9-5-4-6-10-25)20-28-31-29(32-38-28)22-13-16-26(36-2)27(18-22)37-3/h11-16,18,23,25H,4-10,17,19-20H2,1-3H3/t23-/m1/s1. The molecule has 5 rings (SSSR count). The first-order valence-electron chi connectivity index (χ1n) is 13.7. The van der Waals surface area contributed by atoms with E-state index in [9.17, 15) is 4.79 Å². The topological polar surface area (TPSA) is 80.9 Å². The number of amides is 1. The van der Waals surface area contributed by atoms with E-state index < -0.39 is 0 Å². The molecule has 1 saturated heterocycles. The van der Waals surface area contributed by atoms with E-state index in [0.29, 0.717) is 29.8 Å². The molecule has 202 valence electrons. The van der Waals surface area contributed by atoms with Crippen molar-refractivity contribution in [1.82, 2.24) is 15.0 Å². The summed E-state index contributed by atoms with van der Waals surface area (Å²) in [6.45, 7) is 4.16. The highest BCUT2D eigenvalue weighted by Gasteiger charge is 2.34. The molecule has 1 saturated carbocycles. The lowest BCUT2D eigenvalue weighted by atomic mass is 9.91. The number of anilines is 1. The molecular weight excluding hydrogens is 480 g/mol. The van der Waals surface area contributed by atoms with Crippen LogP contribution in [0.4, 0.5) is 5.69 Å². The van der Waals surface area contributed by atoms with Crippen LogP contribution in [0.25, 0.3) is 11.4 Å². The van der Waals surface area contributed by atoms with Gasteiger partial charge in [0.25, 0.3) is 0 Å². The minimum atomic E-state index is -0.0415. The lowest BCUT2D eigenvalue weighted by Gasteiger charge is -2.39. The van der Waals surface area contributed by atoms with Crippen LogP contribution in [0.2, 0.25) is 0 Å². The van der Waals surface area contributed by atoms with Gasteiger partial charge in [-0.05, 0) is 62.9 Å². The van der Waals surface area contributed by atoms with E-state index in [1.54, 1.807) is 14.2 Å². The molecule has 0 spiro atoms. The van der Waals surface area contributed by atoms with Crippen LogP contribution >= 0.6 is 0 Å². The van der Waals surface area contributed by atoms with Gasteiger partial charge in [0, 0.05) is 30.4 Å². The average molecular weight is 519 g/mol. The fraction of sp³-hybridized carbons (Fsp3) is 0.500. The molecule has 0 radical (unpaired) electrons.